The summed E-state index contributed by atoms with van der Waals surface area (Å²) in [6.07, 6.45) is 1.70. The molecule has 1 saturated heterocycles. The van der Waals surface area contributed by atoms with Gasteiger partial charge < -0.3 is 30.5 Å². The highest BCUT2D eigenvalue weighted by atomic mass is 32.2. The van der Waals surface area contributed by atoms with Crippen LogP contribution in [-0.2, 0) is 30.8 Å². The second-order valence-electron chi connectivity index (χ2n) is 13.1. The molecule has 2 aliphatic rings. The number of methoxy groups -OCH3 is 1. The molecular weight excluding hydrogens is 705 g/mol. The highest BCUT2D eigenvalue weighted by molar-refractivity contribution is 7.89. The molecule has 2 fully saturated rings. The third-order valence-corrected chi connectivity index (χ3v) is 11.6. The molecule has 1 atom stereocenters. The van der Waals surface area contributed by atoms with E-state index >= 15 is 0 Å². The van der Waals surface area contributed by atoms with Crippen molar-refractivity contribution < 1.29 is 37.4 Å². The van der Waals surface area contributed by atoms with Gasteiger partial charge in [0.25, 0.3) is 0 Å². The molecule has 16 nitrogen and oxygen atoms in total. The van der Waals surface area contributed by atoms with Crippen LogP contribution in [0.25, 0.3) is 22.5 Å². The largest absolute Gasteiger partial charge is 0.495 e. The fourth-order valence-electron chi connectivity index (χ4n) is 6.63. The molecule has 6 rings (SSSR count). The maximum absolute atomic E-state index is 13.8. The van der Waals surface area contributed by atoms with E-state index in [1.807, 2.05) is 24.3 Å². The second kappa shape index (κ2) is 17.0. The number of anilines is 1. The standard InChI is InChI=1S/C36H42N8O8S/c1-51-31-15-12-28(21-32(31)53(49,50)44-16-18-52-19-17-44)25-6-2-23(3-7-25)20-30(39-34(45)27-8-4-24(5-9-27)22-37-36(47)48)35(46)38-29-13-10-26(11-14-29)33-40-42-43-41-33/h2-3,6-7,10-15,21,24,27,30,37H,4-5,8-9,16-20,22H2,1H3,(H,38,46)(H,39,45)(H,47,48)(H,40,41,42,43)/t24-,27-,30-/m0/s1. The summed E-state index contributed by atoms with van der Waals surface area (Å²) in [7, 11) is -2.40. The number of aromatic amines is 1. The van der Waals surface area contributed by atoms with Crippen LogP contribution in [0.3, 0.4) is 0 Å². The van der Waals surface area contributed by atoms with Gasteiger partial charge in [-0.05, 0) is 95.1 Å². The molecule has 1 saturated carbocycles. The molecule has 2 heterocycles. The molecule has 0 radical (unpaired) electrons. The molecule has 3 amide bonds. The summed E-state index contributed by atoms with van der Waals surface area (Å²) in [5.41, 5.74) is 3.46. The monoisotopic (exact) mass is 746 g/mol. The zero-order valence-electron chi connectivity index (χ0n) is 29.2. The number of hydrogen-bond acceptors (Lipinski definition) is 10. The Kier molecular flexibility index (Phi) is 12.0. The fourth-order valence-corrected chi connectivity index (χ4v) is 8.22. The van der Waals surface area contributed by atoms with E-state index in [0.29, 0.717) is 62.5 Å². The van der Waals surface area contributed by atoms with Crippen LogP contribution in [-0.4, -0.2) is 102 Å². The number of sulfonamides is 1. The normalized spacial score (nSPS) is 18.4. The molecular formula is C36H42N8O8S. The van der Waals surface area contributed by atoms with Gasteiger partial charge in [-0.25, -0.2) is 18.3 Å². The van der Waals surface area contributed by atoms with Gasteiger partial charge in [0.2, 0.25) is 21.8 Å². The van der Waals surface area contributed by atoms with E-state index in [2.05, 4.69) is 36.6 Å². The first kappa shape index (κ1) is 37.4. The zero-order valence-corrected chi connectivity index (χ0v) is 30.0. The highest BCUT2D eigenvalue weighted by Gasteiger charge is 2.31. The van der Waals surface area contributed by atoms with Gasteiger partial charge in [0, 0.05) is 43.2 Å². The first-order valence-electron chi connectivity index (χ1n) is 17.4. The summed E-state index contributed by atoms with van der Waals surface area (Å²) < 4.78 is 39.3. The molecule has 1 aliphatic heterocycles. The van der Waals surface area contributed by atoms with E-state index in [1.54, 1.807) is 42.5 Å². The zero-order chi connectivity index (χ0) is 37.4. The molecule has 0 spiro atoms. The van der Waals surface area contributed by atoms with Crippen LogP contribution in [0.5, 0.6) is 5.75 Å². The number of carboxylic acid groups (broad SMARTS) is 1. The lowest BCUT2D eigenvalue weighted by molar-refractivity contribution is -0.130. The Morgan fingerprint density at radius 3 is 2.28 bits per heavy atom. The van der Waals surface area contributed by atoms with Gasteiger partial charge in [-0.3, -0.25) is 9.59 Å². The Labute approximate surface area is 306 Å². The van der Waals surface area contributed by atoms with Gasteiger partial charge in [-0.15, -0.1) is 5.10 Å². The van der Waals surface area contributed by atoms with Gasteiger partial charge in [0.1, 0.15) is 16.7 Å². The molecule has 1 aromatic heterocycles. The Hall–Kier alpha value is -5.39. The van der Waals surface area contributed by atoms with E-state index in [1.165, 1.54) is 11.4 Å². The smallest absolute Gasteiger partial charge is 0.404 e. The molecule has 0 unspecified atom stereocenters. The lowest BCUT2D eigenvalue weighted by Gasteiger charge is -2.29. The summed E-state index contributed by atoms with van der Waals surface area (Å²) in [6, 6.07) is 18.5. The van der Waals surface area contributed by atoms with Crippen molar-refractivity contribution in [1.29, 1.82) is 0 Å². The predicted molar refractivity (Wildman–Crippen MR) is 193 cm³/mol. The molecule has 17 heteroatoms. The van der Waals surface area contributed by atoms with E-state index in [0.717, 1.165) is 16.7 Å². The number of carbonyl (C=O) groups is 3. The van der Waals surface area contributed by atoms with Crippen molar-refractivity contribution in [3.8, 4) is 28.3 Å². The number of hydrogen-bond donors (Lipinski definition) is 5. The quantitative estimate of drug-likeness (QED) is 0.134. The Morgan fingerprint density at radius 1 is 0.962 bits per heavy atom. The van der Waals surface area contributed by atoms with Crippen LogP contribution in [0.1, 0.15) is 31.2 Å². The number of nitrogens with one attached hydrogen (secondary N) is 4. The summed E-state index contributed by atoms with van der Waals surface area (Å²) in [6.45, 7) is 1.50. The molecule has 5 N–H and O–H groups in total. The molecule has 3 aromatic carbocycles. The predicted octanol–water partition coefficient (Wildman–Crippen LogP) is 3.30. The van der Waals surface area contributed by atoms with Crippen molar-refractivity contribution in [2.24, 2.45) is 11.8 Å². The molecule has 4 aromatic rings. The Balaban J connectivity index is 1.18. The minimum absolute atomic E-state index is 0.0700. The van der Waals surface area contributed by atoms with Crippen LogP contribution in [0.2, 0.25) is 0 Å². The van der Waals surface area contributed by atoms with E-state index < -0.39 is 28.1 Å². The number of nitrogens with zero attached hydrogens (tertiary/aromatic N) is 4. The number of benzene rings is 3. The van der Waals surface area contributed by atoms with Gasteiger partial charge in [0.05, 0.1) is 20.3 Å². The molecule has 280 valence electrons. The fraction of sp³-hybridized carbons (Fsp3) is 0.389. The van der Waals surface area contributed by atoms with E-state index in [-0.39, 0.29) is 47.9 Å². The number of H-pyrrole nitrogens is 1. The van der Waals surface area contributed by atoms with Gasteiger partial charge in [-0.1, -0.05) is 30.3 Å². The minimum atomic E-state index is -3.83. The lowest BCUT2D eigenvalue weighted by Crippen LogP contribution is -2.48. The third-order valence-electron chi connectivity index (χ3n) is 9.64. The second-order valence-corrected chi connectivity index (χ2v) is 15.0. The van der Waals surface area contributed by atoms with Crippen LogP contribution < -0.4 is 20.7 Å². The number of carbonyl (C=O) groups excluding carboxylic acids is 2. The summed E-state index contributed by atoms with van der Waals surface area (Å²) in [5.74, 6) is -0.0481. The molecule has 1 aliphatic carbocycles. The number of aromatic nitrogens is 4. The molecule has 0 bridgehead atoms. The highest BCUT2D eigenvalue weighted by Crippen LogP contribution is 2.33. The van der Waals surface area contributed by atoms with Gasteiger partial charge >= 0.3 is 6.09 Å². The van der Waals surface area contributed by atoms with Gasteiger partial charge in [-0.2, -0.15) is 4.31 Å². The van der Waals surface area contributed by atoms with Crippen molar-refractivity contribution in [1.82, 2.24) is 35.6 Å². The topological polar surface area (TPSA) is 218 Å². The first-order chi connectivity index (χ1) is 25.6. The lowest BCUT2D eigenvalue weighted by atomic mass is 9.81. The SMILES string of the molecule is COc1ccc(-c2ccc(C[C@H](NC(=O)[C@H]3CC[C@H](CNC(=O)O)CC3)C(=O)Nc3ccc(-c4nnn[nH]4)cc3)cc2)cc1S(=O)(=O)N1CCOCC1. The van der Waals surface area contributed by atoms with E-state index in [9.17, 15) is 22.8 Å². The van der Waals surface area contributed by atoms with Crippen molar-refractivity contribution in [2.75, 3.05) is 45.3 Å². The number of tetrazole rings is 1. The van der Waals surface area contributed by atoms with Crippen LogP contribution in [0.15, 0.2) is 71.6 Å². The minimum Gasteiger partial charge on any atom is -0.495 e. The third kappa shape index (κ3) is 9.35. The summed E-state index contributed by atoms with van der Waals surface area (Å²) >= 11 is 0. The average Bonchev–Trinajstić information content (AvgIpc) is 3.73. The van der Waals surface area contributed by atoms with Crippen molar-refractivity contribution in [2.45, 2.75) is 43.0 Å². The van der Waals surface area contributed by atoms with Crippen LogP contribution >= 0.6 is 0 Å². The van der Waals surface area contributed by atoms with Crippen molar-refractivity contribution in [3.05, 3.63) is 72.3 Å². The van der Waals surface area contributed by atoms with Crippen LogP contribution in [0, 0.1) is 11.8 Å². The first-order valence-corrected chi connectivity index (χ1v) is 18.8. The van der Waals surface area contributed by atoms with Gasteiger partial charge in [0.15, 0.2) is 5.82 Å². The Bertz CT molecular complexity index is 1980. The van der Waals surface area contributed by atoms with Crippen molar-refractivity contribution in [3.63, 3.8) is 0 Å². The number of morpholine rings is 1. The maximum Gasteiger partial charge on any atom is 0.404 e. The number of amides is 3. The van der Waals surface area contributed by atoms with Crippen molar-refractivity contribution >= 4 is 33.6 Å². The summed E-state index contributed by atoms with van der Waals surface area (Å²) in [5, 5.41) is 31.0. The maximum atomic E-state index is 13.8. The molecule has 53 heavy (non-hydrogen) atoms. The summed E-state index contributed by atoms with van der Waals surface area (Å²) in [4.78, 5) is 38.3. The Morgan fingerprint density at radius 2 is 1.64 bits per heavy atom. The number of ether oxygens (including phenoxy) is 2. The average molecular weight is 747 g/mol. The number of rotatable bonds is 13. The van der Waals surface area contributed by atoms with Crippen LogP contribution in [0.4, 0.5) is 10.5 Å². The van der Waals surface area contributed by atoms with E-state index in [4.69, 9.17) is 14.6 Å².